The maximum atomic E-state index is 12.7. The van der Waals surface area contributed by atoms with Crippen molar-refractivity contribution in [3.8, 4) is 5.75 Å². The summed E-state index contributed by atoms with van der Waals surface area (Å²) in [5, 5.41) is 2.56. The molecule has 1 saturated carbocycles. The molecule has 1 saturated heterocycles. The maximum absolute atomic E-state index is 12.7. The molecule has 7 heteroatoms. The summed E-state index contributed by atoms with van der Waals surface area (Å²) in [6, 6.07) is 6.17. The summed E-state index contributed by atoms with van der Waals surface area (Å²) < 4.78 is 6.05. The Balaban J connectivity index is 1.73. The van der Waals surface area contributed by atoms with Gasteiger partial charge in [-0.3, -0.25) is 14.4 Å². The zero-order valence-corrected chi connectivity index (χ0v) is 14.1. The van der Waals surface area contributed by atoms with Gasteiger partial charge in [0.1, 0.15) is 5.75 Å². The Hall–Kier alpha value is -2.57. The molecular weight excluding hydrogens is 322 g/mol. The quantitative estimate of drug-likeness (QED) is 0.753. The monoisotopic (exact) mass is 345 g/mol. The first kappa shape index (κ1) is 17.3. The van der Waals surface area contributed by atoms with E-state index < -0.39 is 17.9 Å². The van der Waals surface area contributed by atoms with Crippen molar-refractivity contribution in [2.24, 2.45) is 5.73 Å². The van der Waals surface area contributed by atoms with Gasteiger partial charge in [-0.15, -0.1) is 0 Å². The van der Waals surface area contributed by atoms with Gasteiger partial charge in [-0.1, -0.05) is 18.2 Å². The highest BCUT2D eigenvalue weighted by Gasteiger charge is 2.37. The highest BCUT2D eigenvalue weighted by Crippen LogP contribution is 2.27. The van der Waals surface area contributed by atoms with E-state index in [9.17, 15) is 14.4 Å². The number of rotatable bonds is 5. The Kier molecular flexibility index (Phi) is 5.21. The lowest BCUT2D eigenvalue weighted by atomic mass is 10.1. The third-order valence-corrected chi connectivity index (χ3v) is 4.71. The summed E-state index contributed by atoms with van der Waals surface area (Å²) in [5.74, 6) is -0.954. The van der Waals surface area contributed by atoms with Crippen LogP contribution >= 0.6 is 0 Å². The fourth-order valence-corrected chi connectivity index (χ4v) is 3.43. The van der Waals surface area contributed by atoms with Crippen LogP contribution in [0.1, 0.15) is 31.2 Å². The van der Waals surface area contributed by atoms with Gasteiger partial charge in [-0.05, 0) is 31.7 Å². The fourth-order valence-electron chi connectivity index (χ4n) is 3.43. The first-order valence-electron chi connectivity index (χ1n) is 8.67. The standard InChI is InChI=1S/C18H23N3O4/c19-17(23)16-18(24)20-9-10-21(16)15(22)11-12-5-1-4-8-14(12)25-13-6-2-3-7-13/h1,4-5,8,13,16H,2-3,6-7,9-11H2,(H2,19,23)(H,20,24). The first-order chi connectivity index (χ1) is 12.1. The van der Waals surface area contributed by atoms with Crippen molar-refractivity contribution >= 4 is 17.7 Å². The van der Waals surface area contributed by atoms with E-state index in [-0.39, 0.29) is 25.0 Å². The molecule has 1 heterocycles. The summed E-state index contributed by atoms with van der Waals surface area (Å²) in [4.78, 5) is 37.4. The van der Waals surface area contributed by atoms with E-state index >= 15 is 0 Å². The number of nitrogens with one attached hydrogen (secondary N) is 1. The molecule has 1 atom stereocenters. The largest absolute Gasteiger partial charge is 0.490 e. The average Bonchev–Trinajstić information content (AvgIpc) is 3.09. The minimum Gasteiger partial charge on any atom is -0.490 e. The molecule has 3 amide bonds. The molecule has 7 nitrogen and oxygen atoms in total. The maximum Gasteiger partial charge on any atom is 0.252 e. The number of ether oxygens (including phenoxy) is 1. The molecule has 1 aliphatic carbocycles. The second-order valence-electron chi connectivity index (χ2n) is 6.49. The minimum absolute atomic E-state index is 0.0694. The van der Waals surface area contributed by atoms with Crippen LogP contribution in [0.4, 0.5) is 0 Å². The Morgan fingerprint density at radius 3 is 2.68 bits per heavy atom. The molecule has 0 bridgehead atoms. The Labute approximate surface area is 146 Å². The van der Waals surface area contributed by atoms with E-state index in [0.717, 1.165) is 31.2 Å². The first-order valence-corrected chi connectivity index (χ1v) is 8.67. The predicted molar refractivity (Wildman–Crippen MR) is 90.7 cm³/mol. The number of para-hydroxylation sites is 1. The topological polar surface area (TPSA) is 102 Å². The van der Waals surface area contributed by atoms with Crippen LogP contribution in [0.5, 0.6) is 5.75 Å². The van der Waals surface area contributed by atoms with Crippen LogP contribution in [0.3, 0.4) is 0 Å². The van der Waals surface area contributed by atoms with Gasteiger partial charge in [0.15, 0.2) is 6.04 Å². The van der Waals surface area contributed by atoms with Crippen molar-refractivity contribution in [1.82, 2.24) is 10.2 Å². The molecule has 3 rings (SSSR count). The van der Waals surface area contributed by atoms with Crippen LogP contribution in [-0.4, -0.2) is 47.9 Å². The second kappa shape index (κ2) is 7.55. The lowest BCUT2D eigenvalue weighted by Crippen LogP contribution is -2.62. The van der Waals surface area contributed by atoms with E-state index in [4.69, 9.17) is 10.5 Å². The van der Waals surface area contributed by atoms with E-state index in [0.29, 0.717) is 12.3 Å². The normalized spacial score (nSPS) is 21.0. The van der Waals surface area contributed by atoms with Gasteiger partial charge in [0.05, 0.1) is 12.5 Å². The lowest BCUT2D eigenvalue weighted by Gasteiger charge is -2.33. The summed E-state index contributed by atoms with van der Waals surface area (Å²) in [6.07, 6.45) is 4.64. The Morgan fingerprint density at radius 1 is 1.24 bits per heavy atom. The van der Waals surface area contributed by atoms with Crippen LogP contribution in [0.25, 0.3) is 0 Å². The van der Waals surface area contributed by atoms with Crippen LogP contribution in [0.15, 0.2) is 24.3 Å². The van der Waals surface area contributed by atoms with E-state index in [1.165, 1.54) is 4.90 Å². The van der Waals surface area contributed by atoms with Gasteiger partial charge in [0, 0.05) is 18.7 Å². The molecule has 1 aliphatic heterocycles. The number of nitrogens with zero attached hydrogens (tertiary/aromatic N) is 1. The van der Waals surface area contributed by atoms with E-state index in [2.05, 4.69) is 5.32 Å². The van der Waals surface area contributed by atoms with Gasteiger partial charge in [0.25, 0.3) is 5.91 Å². The number of hydrogen-bond donors (Lipinski definition) is 2. The van der Waals surface area contributed by atoms with Gasteiger partial charge in [-0.2, -0.15) is 0 Å². The molecule has 25 heavy (non-hydrogen) atoms. The molecule has 1 aromatic carbocycles. The Morgan fingerprint density at radius 2 is 1.96 bits per heavy atom. The lowest BCUT2D eigenvalue weighted by molar-refractivity contribution is -0.148. The number of benzene rings is 1. The number of carbonyl (C=O) groups is 3. The van der Waals surface area contributed by atoms with Gasteiger partial charge in [0.2, 0.25) is 11.8 Å². The highest BCUT2D eigenvalue weighted by molar-refractivity contribution is 6.07. The van der Waals surface area contributed by atoms with Crippen molar-refractivity contribution in [2.45, 2.75) is 44.2 Å². The number of primary amides is 1. The number of hydrogen-bond acceptors (Lipinski definition) is 4. The van der Waals surface area contributed by atoms with Gasteiger partial charge in [-0.25, -0.2) is 0 Å². The van der Waals surface area contributed by atoms with Crippen molar-refractivity contribution in [3.63, 3.8) is 0 Å². The molecule has 2 fully saturated rings. The average molecular weight is 345 g/mol. The zero-order valence-electron chi connectivity index (χ0n) is 14.1. The number of amides is 3. The van der Waals surface area contributed by atoms with Gasteiger partial charge < -0.3 is 20.7 Å². The minimum atomic E-state index is -1.25. The summed E-state index contributed by atoms with van der Waals surface area (Å²) in [6.45, 7) is 0.582. The molecule has 134 valence electrons. The van der Waals surface area contributed by atoms with E-state index in [1.54, 1.807) is 0 Å². The van der Waals surface area contributed by atoms with Crippen LogP contribution in [-0.2, 0) is 20.8 Å². The number of piperazine rings is 1. The fraction of sp³-hybridized carbons (Fsp3) is 0.500. The van der Waals surface area contributed by atoms with Crippen LogP contribution < -0.4 is 15.8 Å². The molecular formula is C18H23N3O4. The molecule has 2 aliphatic rings. The van der Waals surface area contributed by atoms with Crippen molar-refractivity contribution in [2.75, 3.05) is 13.1 Å². The highest BCUT2D eigenvalue weighted by atomic mass is 16.5. The molecule has 0 radical (unpaired) electrons. The molecule has 0 spiro atoms. The third kappa shape index (κ3) is 3.92. The van der Waals surface area contributed by atoms with Gasteiger partial charge >= 0.3 is 0 Å². The number of nitrogens with two attached hydrogens (primary N) is 1. The molecule has 0 aromatic heterocycles. The zero-order chi connectivity index (χ0) is 17.8. The summed E-state index contributed by atoms with van der Waals surface area (Å²) >= 11 is 0. The predicted octanol–water partition coefficient (Wildman–Crippen LogP) is 0.363. The molecule has 1 unspecified atom stereocenters. The SMILES string of the molecule is NC(=O)C1C(=O)NCCN1C(=O)Cc1ccccc1OC1CCCC1. The molecule has 1 aromatic rings. The van der Waals surface area contributed by atoms with E-state index in [1.807, 2.05) is 24.3 Å². The van der Waals surface area contributed by atoms with Crippen molar-refractivity contribution < 1.29 is 19.1 Å². The van der Waals surface area contributed by atoms with Crippen LogP contribution in [0, 0.1) is 0 Å². The molecule has 3 N–H and O–H groups in total. The Bertz CT molecular complexity index is 670. The third-order valence-electron chi connectivity index (χ3n) is 4.71. The summed E-state index contributed by atoms with van der Waals surface area (Å²) in [7, 11) is 0. The van der Waals surface area contributed by atoms with Crippen molar-refractivity contribution in [3.05, 3.63) is 29.8 Å². The van der Waals surface area contributed by atoms with Crippen molar-refractivity contribution in [1.29, 1.82) is 0 Å². The van der Waals surface area contributed by atoms with Crippen LogP contribution in [0.2, 0.25) is 0 Å². The summed E-state index contributed by atoms with van der Waals surface area (Å²) in [5.41, 5.74) is 6.06. The second-order valence-corrected chi connectivity index (χ2v) is 6.49. The smallest absolute Gasteiger partial charge is 0.252 e. The number of carbonyl (C=O) groups excluding carboxylic acids is 3.